The Morgan fingerprint density at radius 1 is 1.26 bits per heavy atom. The fourth-order valence-corrected chi connectivity index (χ4v) is 3.24. The first-order valence-corrected chi connectivity index (χ1v) is 7.51. The third kappa shape index (κ3) is 2.47. The van der Waals surface area contributed by atoms with E-state index in [1.165, 1.54) is 31.0 Å². The van der Waals surface area contributed by atoms with Crippen molar-refractivity contribution in [3.63, 3.8) is 0 Å². The van der Waals surface area contributed by atoms with Crippen LogP contribution in [0.3, 0.4) is 0 Å². The zero-order chi connectivity index (χ0) is 13.2. The maximum absolute atomic E-state index is 12.3. The molecular weight excluding hydrogens is 258 g/mol. The van der Waals surface area contributed by atoms with E-state index < -0.39 is 0 Å². The highest BCUT2D eigenvalue weighted by Crippen LogP contribution is 2.29. The van der Waals surface area contributed by atoms with Crippen molar-refractivity contribution in [2.45, 2.75) is 39.0 Å². The fourth-order valence-electron chi connectivity index (χ4n) is 2.70. The minimum absolute atomic E-state index is 0.142. The van der Waals surface area contributed by atoms with Crippen LogP contribution < -0.4 is 5.32 Å². The number of nitrogens with zero attached hydrogens (tertiary/aromatic N) is 2. The second-order valence-corrected chi connectivity index (χ2v) is 5.74. The van der Waals surface area contributed by atoms with E-state index in [1.807, 2.05) is 19.1 Å². The lowest BCUT2D eigenvalue weighted by atomic mass is 9.88. The summed E-state index contributed by atoms with van der Waals surface area (Å²) in [7, 11) is 0. The van der Waals surface area contributed by atoms with E-state index in [1.54, 1.807) is 0 Å². The number of nitrogens with one attached hydrogen (secondary N) is 1. The number of fused-ring (bicyclic) bond motifs is 1. The van der Waals surface area contributed by atoms with Gasteiger partial charge in [0.15, 0.2) is 0 Å². The van der Waals surface area contributed by atoms with E-state index in [9.17, 15) is 4.79 Å². The molecule has 0 bridgehead atoms. The third-order valence-electron chi connectivity index (χ3n) is 3.86. The zero-order valence-electron chi connectivity index (χ0n) is 11.0. The van der Waals surface area contributed by atoms with Crippen LogP contribution >= 0.6 is 11.7 Å². The average molecular weight is 275 g/mol. The van der Waals surface area contributed by atoms with Crippen molar-refractivity contribution in [3.8, 4) is 0 Å². The van der Waals surface area contributed by atoms with Gasteiger partial charge >= 0.3 is 0 Å². The molecular formula is C14H17N3OS. The first-order chi connectivity index (χ1) is 9.25. The Balaban J connectivity index is 1.86. The molecule has 1 heterocycles. The van der Waals surface area contributed by atoms with E-state index in [-0.39, 0.29) is 11.8 Å². The monoisotopic (exact) mass is 275 g/mol. The van der Waals surface area contributed by atoms with Gasteiger partial charge in [0.2, 0.25) is 5.91 Å². The molecule has 1 aliphatic rings. The standard InChI is InChI=1S/C14H17N3OS/c1-9-7-8-11-13(17-19-16-11)12(9)15-14(18)10-5-3-2-4-6-10/h7-8,10H,2-6H2,1H3,(H,15,18). The Bertz CT molecular complexity index is 602. The van der Waals surface area contributed by atoms with Gasteiger partial charge in [-0.2, -0.15) is 8.75 Å². The summed E-state index contributed by atoms with van der Waals surface area (Å²) in [5.74, 6) is 0.304. The molecule has 1 amide bonds. The van der Waals surface area contributed by atoms with Crippen LogP contribution in [-0.4, -0.2) is 14.7 Å². The second-order valence-electron chi connectivity index (χ2n) is 5.21. The van der Waals surface area contributed by atoms with Crippen molar-refractivity contribution >= 4 is 34.4 Å². The van der Waals surface area contributed by atoms with Gasteiger partial charge in [0.25, 0.3) is 0 Å². The minimum atomic E-state index is 0.142. The number of hydrogen-bond donors (Lipinski definition) is 1. The minimum Gasteiger partial charge on any atom is -0.324 e. The highest BCUT2D eigenvalue weighted by molar-refractivity contribution is 7.00. The molecule has 1 N–H and O–H groups in total. The number of anilines is 1. The Morgan fingerprint density at radius 3 is 2.84 bits per heavy atom. The first-order valence-electron chi connectivity index (χ1n) is 6.78. The van der Waals surface area contributed by atoms with Crippen LogP contribution in [0.25, 0.3) is 11.0 Å². The van der Waals surface area contributed by atoms with Crippen LogP contribution in [0, 0.1) is 12.8 Å². The highest BCUT2D eigenvalue weighted by atomic mass is 32.1. The van der Waals surface area contributed by atoms with Crippen molar-refractivity contribution in [2.24, 2.45) is 5.92 Å². The zero-order valence-corrected chi connectivity index (χ0v) is 11.8. The topological polar surface area (TPSA) is 54.9 Å². The molecule has 3 rings (SSSR count). The predicted molar refractivity (Wildman–Crippen MR) is 77.4 cm³/mol. The lowest BCUT2D eigenvalue weighted by molar-refractivity contribution is -0.120. The summed E-state index contributed by atoms with van der Waals surface area (Å²) in [4.78, 5) is 12.3. The Labute approximate surface area is 116 Å². The lowest BCUT2D eigenvalue weighted by Crippen LogP contribution is -2.25. The van der Waals surface area contributed by atoms with Crippen molar-refractivity contribution in [3.05, 3.63) is 17.7 Å². The number of amides is 1. The Kier molecular flexibility index (Phi) is 3.46. The SMILES string of the molecule is Cc1ccc2nsnc2c1NC(=O)C1CCCCC1. The van der Waals surface area contributed by atoms with Crippen LogP contribution in [0.1, 0.15) is 37.7 Å². The van der Waals surface area contributed by atoms with Gasteiger partial charge in [0.05, 0.1) is 17.4 Å². The van der Waals surface area contributed by atoms with Crippen molar-refractivity contribution < 1.29 is 4.79 Å². The molecule has 19 heavy (non-hydrogen) atoms. The molecule has 1 aromatic carbocycles. The molecule has 5 heteroatoms. The third-order valence-corrected chi connectivity index (χ3v) is 4.40. The van der Waals surface area contributed by atoms with Gasteiger partial charge in [-0.15, -0.1) is 0 Å². The van der Waals surface area contributed by atoms with Gasteiger partial charge in [0.1, 0.15) is 11.0 Å². The molecule has 2 aromatic rings. The van der Waals surface area contributed by atoms with Crippen LogP contribution in [0.15, 0.2) is 12.1 Å². The van der Waals surface area contributed by atoms with Crippen LogP contribution in [0.4, 0.5) is 5.69 Å². The number of benzene rings is 1. The smallest absolute Gasteiger partial charge is 0.227 e. The number of aryl methyl sites for hydroxylation is 1. The molecule has 4 nitrogen and oxygen atoms in total. The average Bonchev–Trinajstić information content (AvgIpc) is 2.91. The molecule has 0 saturated heterocycles. The summed E-state index contributed by atoms with van der Waals surface area (Å²) in [6.45, 7) is 2.00. The van der Waals surface area contributed by atoms with E-state index >= 15 is 0 Å². The summed E-state index contributed by atoms with van der Waals surface area (Å²) in [5.41, 5.74) is 3.55. The molecule has 1 fully saturated rings. The molecule has 1 aromatic heterocycles. The number of carbonyl (C=O) groups is 1. The fraction of sp³-hybridized carbons (Fsp3) is 0.500. The van der Waals surface area contributed by atoms with Crippen molar-refractivity contribution in [1.29, 1.82) is 0 Å². The van der Waals surface area contributed by atoms with Crippen molar-refractivity contribution in [1.82, 2.24) is 8.75 Å². The molecule has 1 saturated carbocycles. The number of aromatic nitrogens is 2. The van der Waals surface area contributed by atoms with E-state index in [4.69, 9.17) is 0 Å². The number of carbonyl (C=O) groups excluding carboxylic acids is 1. The lowest BCUT2D eigenvalue weighted by Gasteiger charge is -2.21. The summed E-state index contributed by atoms with van der Waals surface area (Å²) < 4.78 is 8.51. The summed E-state index contributed by atoms with van der Waals surface area (Å²) in [5, 5.41) is 3.07. The van der Waals surface area contributed by atoms with Gasteiger partial charge in [-0.25, -0.2) is 0 Å². The van der Waals surface area contributed by atoms with Crippen molar-refractivity contribution in [2.75, 3.05) is 5.32 Å². The van der Waals surface area contributed by atoms with E-state index in [2.05, 4.69) is 14.1 Å². The molecule has 0 radical (unpaired) electrons. The molecule has 0 aliphatic heterocycles. The number of rotatable bonds is 2. The molecule has 0 atom stereocenters. The van der Waals surface area contributed by atoms with Gasteiger partial charge < -0.3 is 5.32 Å². The molecule has 100 valence electrons. The quantitative estimate of drug-likeness (QED) is 0.912. The first kappa shape index (κ1) is 12.5. The molecule has 0 unspecified atom stereocenters. The Morgan fingerprint density at radius 2 is 2.05 bits per heavy atom. The van der Waals surface area contributed by atoms with Gasteiger partial charge in [-0.1, -0.05) is 25.3 Å². The predicted octanol–water partition coefficient (Wildman–Crippen LogP) is 3.52. The second kappa shape index (κ2) is 5.25. The summed E-state index contributed by atoms with van der Waals surface area (Å²) >= 11 is 1.19. The van der Waals surface area contributed by atoms with Gasteiger partial charge in [-0.05, 0) is 31.4 Å². The van der Waals surface area contributed by atoms with Crippen LogP contribution in [0.2, 0.25) is 0 Å². The maximum Gasteiger partial charge on any atom is 0.227 e. The number of hydrogen-bond acceptors (Lipinski definition) is 4. The normalized spacial score (nSPS) is 16.7. The Hall–Kier alpha value is -1.49. The summed E-state index contributed by atoms with van der Waals surface area (Å²) in [6.07, 6.45) is 5.61. The largest absolute Gasteiger partial charge is 0.324 e. The maximum atomic E-state index is 12.3. The van der Waals surface area contributed by atoms with Gasteiger partial charge in [0, 0.05) is 5.92 Å². The van der Waals surface area contributed by atoms with E-state index in [0.29, 0.717) is 0 Å². The van der Waals surface area contributed by atoms with Crippen LogP contribution in [-0.2, 0) is 4.79 Å². The van der Waals surface area contributed by atoms with Crippen LogP contribution in [0.5, 0.6) is 0 Å². The van der Waals surface area contributed by atoms with Gasteiger partial charge in [-0.3, -0.25) is 4.79 Å². The molecule has 1 aliphatic carbocycles. The molecule has 0 spiro atoms. The summed E-state index contributed by atoms with van der Waals surface area (Å²) in [6, 6.07) is 3.94. The van der Waals surface area contributed by atoms with E-state index in [0.717, 1.165) is 35.1 Å². The highest BCUT2D eigenvalue weighted by Gasteiger charge is 2.22.